The van der Waals surface area contributed by atoms with Crippen molar-refractivity contribution in [2.75, 3.05) is 0 Å². The van der Waals surface area contributed by atoms with Gasteiger partial charge in [0.05, 0.1) is 16.0 Å². The van der Waals surface area contributed by atoms with Crippen LogP contribution in [0.15, 0.2) is 27.6 Å². The topological polar surface area (TPSA) is 70.0 Å². The molecule has 1 aliphatic rings. The zero-order valence-electron chi connectivity index (χ0n) is 11.4. The lowest BCUT2D eigenvalue weighted by Crippen LogP contribution is -2.46. The predicted octanol–water partition coefficient (Wildman–Crippen LogP) is 4.00. The Morgan fingerprint density at radius 1 is 1.24 bits per heavy atom. The van der Waals surface area contributed by atoms with Crippen LogP contribution in [0, 0.1) is 11.3 Å². The van der Waals surface area contributed by atoms with Gasteiger partial charge in [0.25, 0.3) is 0 Å². The Labute approximate surface area is 138 Å². The fourth-order valence-electron chi connectivity index (χ4n) is 2.53. The lowest BCUT2D eigenvalue weighted by molar-refractivity contribution is 0.422. The largest absolute Gasteiger partial charge is 0.241 e. The molecule has 0 aromatic heterocycles. The van der Waals surface area contributed by atoms with Gasteiger partial charge in [-0.2, -0.15) is 9.98 Å². The summed E-state index contributed by atoms with van der Waals surface area (Å²) >= 11 is 9.10. The Kier molecular flexibility index (Phi) is 5.31. The van der Waals surface area contributed by atoms with Gasteiger partial charge in [0.15, 0.2) is 0 Å². The fraction of sp³-hybridized carbons (Fsp3) is 0.500. The molecule has 0 heterocycles. The van der Waals surface area contributed by atoms with Gasteiger partial charge < -0.3 is 0 Å². The average Bonchev–Trinajstić information content (AvgIpc) is 2.67. The molecule has 0 aliphatic heterocycles. The first-order valence-corrected chi connectivity index (χ1v) is 9.44. The maximum Gasteiger partial charge on any atom is 0.241 e. The van der Waals surface area contributed by atoms with Crippen molar-refractivity contribution in [1.29, 1.82) is 5.26 Å². The molecule has 1 saturated carbocycles. The highest BCUT2D eigenvalue weighted by Gasteiger charge is 2.35. The van der Waals surface area contributed by atoms with Crippen LogP contribution in [0.3, 0.4) is 0 Å². The van der Waals surface area contributed by atoms with Crippen molar-refractivity contribution in [3.63, 3.8) is 0 Å². The van der Waals surface area contributed by atoms with Crippen LogP contribution in [0.5, 0.6) is 0 Å². The summed E-state index contributed by atoms with van der Waals surface area (Å²) in [4.78, 5) is 0.109. The zero-order chi connectivity index (χ0) is 15.5. The standard InChI is InChI=1S/C14H16BrClN2O2S/c15-12-9-11(5-6-13(12)16)21(19,20)18-14(10-17)7-3-1-2-4-8-14/h5-6,9,18H,1-4,7-8H2. The lowest BCUT2D eigenvalue weighted by atomic mass is 9.94. The molecule has 114 valence electrons. The lowest BCUT2D eigenvalue weighted by Gasteiger charge is -2.26. The monoisotopic (exact) mass is 390 g/mol. The highest BCUT2D eigenvalue weighted by molar-refractivity contribution is 9.10. The molecule has 0 saturated heterocycles. The van der Waals surface area contributed by atoms with Crippen LogP contribution in [0.2, 0.25) is 5.02 Å². The molecular weight excluding hydrogens is 376 g/mol. The summed E-state index contributed by atoms with van der Waals surface area (Å²) in [5.74, 6) is 0. The van der Waals surface area contributed by atoms with Crippen molar-refractivity contribution < 1.29 is 8.42 Å². The van der Waals surface area contributed by atoms with E-state index in [-0.39, 0.29) is 4.90 Å². The molecule has 1 aliphatic carbocycles. The van der Waals surface area contributed by atoms with Crippen molar-refractivity contribution in [2.24, 2.45) is 0 Å². The second kappa shape index (κ2) is 6.66. The second-order valence-corrected chi connectivity index (χ2v) is 8.23. The summed E-state index contributed by atoms with van der Waals surface area (Å²) in [5, 5.41) is 9.91. The third kappa shape index (κ3) is 3.98. The molecule has 0 spiro atoms. The first-order chi connectivity index (χ1) is 9.88. The minimum Gasteiger partial charge on any atom is -0.207 e. The molecule has 1 aromatic carbocycles. The third-order valence-corrected chi connectivity index (χ3v) is 6.45. The Morgan fingerprint density at radius 2 is 1.86 bits per heavy atom. The summed E-state index contributed by atoms with van der Waals surface area (Å²) in [7, 11) is -3.75. The predicted molar refractivity (Wildman–Crippen MR) is 85.5 cm³/mol. The van der Waals surface area contributed by atoms with Crippen molar-refractivity contribution >= 4 is 37.6 Å². The molecule has 1 N–H and O–H groups in total. The van der Waals surface area contributed by atoms with Gasteiger partial charge in [-0.15, -0.1) is 0 Å². The van der Waals surface area contributed by atoms with Gasteiger partial charge in [0.1, 0.15) is 5.54 Å². The van der Waals surface area contributed by atoms with Crippen molar-refractivity contribution in [2.45, 2.75) is 49.0 Å². The van der Waals surface area contributed by atoms with Crippen LogP contribution in [0.4, 0.5) is 0 Å². The van der Waals surface area contributed by atoms with E-state index in [1.165, 1.54) is 18.2 Å². The molecule has 2 rings (SSSR count). The van der Waals surface area contributed by atoms with E-state index < -0.39 is 15.6 Å². The number of halogens is 2. The van der Waals surface area contributed by atoms with E-state index in [4.69, 9.17) is 11.6 Å². The van der Waals surface area contributed by atoms with Crippen LogP contribution < -0.4 is 4.72 Å². The van der Waals surface area contributed by atoms with Crippen LogP contribution in [0.25, 0.3) is 0 Å². The van der Waals surface area contributed by atoms with E-state index in [1.54, 1.807) is 0 Å². The van der Waals surface area contributed by atoms with E-state index in [2.05, 4.69) is 26.7 Å². The van der Waals surface area contributed by atoms with Gasteiger partial charge in [-0.1, -0.05) is 37.3 Å². The number of nitrogens with zero attached hydrogens (tertiary/aromatic N) is 1. The summed E-state index contributed by atoms with van der Waals surface area (Å²) in [5.41, 5.74) is -0.999. The molecule has 7 heteroatoms. The van der Waals surface area contributed by atoms with Crippen molar-refractivity contribution in [1.82, 2.24) is 4.72 Å². The highest BCUT2D eigenvalue weighted by Crippen LogP contribution is 2.30. The number of benzene rings is 1. The van der Waals surface area contributed by atoms with E-state index in [0.29, 0.717) is 22.3 Å². The summed E-state index contributed by atoms with van der Waals surface area (Å²) in [6.45, 7) is 0. The average molecular weight is 392 g/mol. The van der Waals surface area contributed by atoms with Crippen LogP contribution in [-0.2, 0) is 10.0 Å². The maximum atomic E-state index is 12.5. The minimum atomic E-state index is -3.75. The summed E-state index contributed by atoms with van der Waals surface area (Å²) in [6, 6.07) is 6.59. The zero-order valence-corrected chi connectivity index (χ0v) is 14.6. The van der Waals surface area contributed by atoms with Gasteiger partial charge >= 0.3 is 0 Å². The SMILES string of the molecule is N#CC1(NS(=O)(=O)c2ccc(Cl)c(Br)c2)CCCCCC1. The van der Waals surface area contributed by atoms with E-state index in [0.717, 1.165) is 25.7 Å². The quantitative estimate of drug-likeness (QED) is 0.792. The Morgan fingerprint density at radius 3 is 2.38 bits per heavy atom. The first-order valence-electron chi connectivity index (χ1n) is 6.79. The molecule has 0 bridgehead atoms. The molecule has 1 aromatic rings. The summed E-state index contributed by atoms with van der Waals surface area (Å²) in [6.07, 6.45) is 4.91. The van der Waals surface area contributed by atoms with E-state index in [1.807, 2.05) is 0 Å². The maximum absolute atomic E-state index is 12.5. The Bertz CT molecular complexity index is 662. The number of sulfonamides is 1. The Hall–Kier alpha value is -0.610. The smallest absolute Gasteiger partial charge is 0.207 e. The van der Waals surface area contributed by atoms with Crippen molar-refractivity contribution in [3.05, 3.63) is 27.7 Å². The normalized spacial score (nSPS) is 18.7. The van der Waals surface area contributed by atoms with E-state index >= 15 is 0 Å². The molecule has 4 nitrogen and oxygen atoms in total. The fourth-order valence-corrected chi connectivity index (χ4v) is 4.58. The molecular formula is C14H16BrClN2O2S. The van der Waals surface area contributed by atoms with Gasteiger partial charge in [-0.3, -0.25) is 0 Å². The number of rotatable bonds is 3. The molecule has 21 heavy (non-hydrogen) atoms. The molecule has 1 fully saturated rings. The van der Waals surface area contributed by atoms with Gasteiger partial charge in [0, 0.05) is 4.47 Å². The molecule has 0 radical (unpaired) electrons. The highest BCUT2D eigenvalue weighted by atomic mass is 79.9. The van der Waals surface area contributed by atoms with Crippen LogP contribution >= 0.6 is 27.5 Å². The van der Waals surface area contributed by atoms with Gasteiger partial charge in [-0.25, -0.2) is 8.42 Å². The first kappa shape index (κ1) is 16.8. The second-order valence-electron chi connectivity index (χ2n) is 5.29. The van der Waals surface area contributed by atoms with Crippen molar-refractivity contribution in [3.8, 4) is 6.07 Å². The van der Waals surface area contributed by atoms with Crippen LogP contribution in [0.1, 0.15) is 38.5 Å². The molecule has 0 amide bonds. The van der Waals surface area contributed by atoms with Gasteiger partial charge in [0.2, 0.25) is 10.0 Å². The third-order valence-electron chi connectivity index (χ3n) is 3.70. The minimum absolute atomic E-state index is 0.109. The molecule has 0 unspecified atom stereocenters. The van der Waals surface area contributed by atoms with E-state index in [9.17, 15) is 13.7 Å². The number of hydrogen-bond acceptors (Lipinski definition) is 3. The van der Waals surface area contributed by atoms with Crippen LogP contribution in [-0.4, -0.2) is 14.0 Å². The van der Waals surface area contributed by atoms with Gasteiger partial charge in [-0.05, 0) is 47.0 Å². The summed E-state index contributed by atoms with van der Waals surface area (Å²) < 4.78 is 28.1. The number of hydrogen-bond donors (Lipinski definition) is 1. The number of nitrogens with one attached hydrogen (secondary N) is 1. The molecule has 0 atom stereocenters. The number of nitriles is 1. The Balaban J connectivity index is 2.30.